The van der Waals surface area contributed by atoms with Crippen molar-refractivity contribution < 1.29 is 24.2 Å². The molecule has 0 bridgehead atoms. The first-order valence-electron chi connectivity index (χ1n) is 6.24. The molecule has 0 spiro atoms. The van der Waals surface area contributed by atoms with E-state index in [0.29, 0.717) is 13.1 Å². The smallest absolute Gasteiger partial charge is 0.326 e. The Morgan fingerprint density at radius 3 is 2.00 bits per heavy atom. The number of urea groups is 1. The van der Waals surface area contributed by atoms with Crippen LogP contribution in [0.15, 0.2) is 0 Å². The largest absolute Gasteiger partial charge is 0.480 e. The molecule has 19 heavy (non-hydrogen) atoms. The van der Waals surface area contributed by atoms with Gasteiger partial charge in [0, 0.05) is 14.2 Å². The van der Waals surface area contributed by atoms with E-state index in [-0.39, 0.29) is 18.1 Å². The van der Waals surface area contributed by atoms with Gasteiger partial charge < -0.3 is 24.8 Å². The number of carbonyl (C=O) groups excluding carboxylic acids is 1. The van der Waals surface area contributed by atoms with E-state index >= 15 is 0 Å². The lowest BCUT2D eigenvalue weighted by atomic mass is 10.1. The van der Waals surface area contributed by atoms with Crippen LogP contribution in [0.25, 0.3) is 0 Å². The first-order chi connectivity index (χ1) is 8.90. The molecule has 0 aliphatic carbocycles. The highest BCUT2D eigenvalue weighted by atomic mass is 16.5. The first-order valence-corrected chi connectivity index (χ1v) is 6.24. The summed E-state index contributed by atoms with van der Waals surface area (Å²) in [6.07, 6.45) is -0.365. The fraction of sp³-hybridized carbons (Fsp3) is 0.833. The number of hydrogen-bond donors (Lipinski definition) is 2. The molecule has 2 amide bonds. The van der Waals surface area contributed by atoms with E-state index in [2.05, 4.69) is 5.32 Å². The van der Waals surface area contributed by atoms with Gasteiger partial charge in [-0.25, -0.2) is 9.59 Å². The van der Waals surface area contributed by atoms with Crippen LogP contribution >= 0.6 is 0 Å². The third kappa shape index (κ3) is 3.81. The highest BCUT2D eigenvalue weighted by molar-refractivity contribution is 5.83. The Kier molecular flexibility index (Phi) is 5.56. The fourth-order valence-electron chi connectivity index (χ4n) is 2.10. The molecule has 1 fully saturated rings. The second-order valence-corrected chi connectivity index (χ2v) is 4.96. The average molecular weight is 274 g/mol. The summed E-state index contributed by atoms with van der Waals surface area (Å²) in [7, 11) is 3.12. The Hall–Kier alpha value is -1.34. The molecule has 0 aromatic heterocycles. The number of ether oxygens (including phenoxy) is 2. The van der Waals surface area contributed by atoms with E-state index in [1.165, 1.54) is 4.90 Å². The fourth-order valence-corrected chi connectivity index (χ4v) is 2.10. The van der Waals surface area contributed by atoms with Crippen molar-refractivity contribution in [3.05, 3.63) is 0 Å². The number of nitrogens with zero attached hydrogens (tertiary/aromatic N) is 1. The average Bonchev–Trinajstić information content (AvgIpc) is 2.77. The number of aliphatic carboxylic acids is 1. The summed E-state index contributed by atoms with van der Waals surface area (Å²) in [6.45, 7) is 4.29. The van der Waals surface area contributed by atoms with E-state index < -0.39 is 18.0 Å². The molecule has 110 valence electrons. The van der Waals surface area contributed by atoms with Gasteiger partial charge in [0.1, 0.15) is 18.2 Å². The van der Waals surface area contributed by atoms with Crippen LogP contribution in [-0.4, -0.2) is 67.6 Å². The van der Waals surface area contributed by atoms with Crippen LogP contribution < -0.4 is 5.32 Å². The van der Waals surface area contributed by atoms with Crippen molar-refractivity contribution in [2.45, 2.75) is 32.1 Å². The van der Waals surface area contributed by atoms with Crippen molar-refractivity contribution in [2.75, 3.05) is 27.3 Å². The Morgan fingerprint density at radius 1 is 1.21 bits per heavy atom. The third-order valence-corrected chi connectivity index (χ3v) is 3.32. The summed E-state index contributed by atoms with van der Waals surface area (Å²) in [4.78, 5) is 24.6. The zero-order valence-corrected chi connectivity index (χ0v) is 11.8. The number of methoxy groups -OCH3 is 2. The Labute approximate surface area is 112 Å². The summed E-state index contributed by atoms with van der Waals surface area (Å²) in [6, 6.07) is -1.29. The molecular weight excluding hydrogens is 252 g/mol. The normalized spacial score (nSPS) is 24.6. The molecule has 1 aliphatic heterocycles. The quantitative estimate of drug-likeness (QED) is 0.745. The molecule has 1 rings (SSSR count). The number of hydrogen-bond acceptors (Lipinski definition) is 4. The molecule has 7 heteroatoms. The Morgan fingerprint density at radius 2 is 1.68 bits per heavy atom. The predicted molar refractivity (Wildman–Crippen MR) is 68.0 cm³/mol. The van der Waals surface area contributed by atoms with Gasteiger partial charge in [0.25, 0.3) is 0 Å². The molecule has 2 unspecified atom stereocenters. The van der Waals surface area contributed by atoms with Crippen LogP contribution in [0.4, 0.5) is 4.79 Å². The van der Waals surface area contributed by atoms with Crippen molar-refractivity contribution in [3.8, 4) is 0 Å². The van der Waals surface area contributed by atoms with Crippen molar-refractivity contribution in [2.24, 2.45) is 5.92 Å². The number of carboxylic acid groups (broad SMARTS) is 1. The van der Waals surface area contributed by atoms with Gasteiger partial charge in [-0.1, -0.05) is 13.8 Å². The maximum Gasteiger partial charge on any atom is 0.326 e. The molecule has 3 atom stereocenters. The molecule has 1 heterocycles. The molecule has 0 aromatic carbocycles. The Balaban J connectivity index is 2.62. The van der Waals surface area contributed by atoms with Crippen molar-refractivity contribution in [1.29, 1.82) is 0 Å². The summed E-state index contributed by atoms with van der Waals surface area (Å²) in [5.41, 5.74) is 0. The summed E-state index contributed by atoms with van der Waals surface area (Å²) < 4.78 is 10.5. The van der Waals surface area contributed by atoms with Crippen LogP contribution in [0.3, 0.4) is 0 Å². The Bertz CT molecular complexity index is 322. The van der Waals surface area contributed by atoms with Gasteiger partial charge in [-0.15, -0.1) is 0 Å². The third-order valence-electron chi connectivity index (χ3n) is 3.32. The minimum absolute atomic E-state index is 0.180. The summed E-state index contributed by atoms with van der Waals surface area (Å²) >= 11 is 0. The second-order valence-electron chi connectivity index (χ2n) is 4.96. The van der Waals surface area contributed by atoms with Crippen molar-refractivity contribution >= 4 is 12.0 Å². The van der Waals surface area contributed by atoms with Gasteiger partial charge in [-0.05, 0) is 5.92 Å². The van der Waals surface area contributed by atoms with E-state index in [1.54, 1.807) is 28.1 Å². The lowest BCUT2D eigenvalue weighted by molar-refractivity contribution is -0.140. The maximum absolute atomic E-state index is 12.0. The van der Waals surface area contributed by atoms with Crippen LogP contribution in [-0.2, 0) is 14.3 Å². The lowest BCUT2D eigenvalue weighted by Gasteiger charge is -2.22. The van der Waals surface area contributed by atoms with E-state index in [4.69, 9.17) is 14.6 Å². The van der Waals surface area contributed by atoms with Gasteiger partial charge in [0.05, 0.1) is 13.1 Å². The summed E-state index contributed by atoms with van der Waals surface area (Å²) in [5.74, 6) is -1.21. The monoisotopic (exact) mass is 274 g/mol. The van der Waals surface area contributed by atoms with Crippen LogP contribution in [0.2, 0.25) is 0 Å². The van der Waals surface area contributed by atoms with E-state index in [9.17, 15) is 9.59 Å². The van der Waals surface area contributed by atoms with Crippen molar-refractivity contribution in [3.63, 3.8) is 0 Å². The number of likely N-dealkylation sites (tertiary alicyclic amines) is 1. The zero-order valence-electron chi connectivity index (χ0n) is 11.8. The zero-order chi connectivity index (χ0) is 14.6. The van der Waals surface area contributed by atoms with Crippen LogP contribution in [0, 0.1) is 5.92 Å². The number of carbonyl (C=O) groups is 2. The summed E-state index contributed by atoms with van der Waals surface area (Å²) in [5, 5.41) is 11.6. The molecule has 0 radical (unpaired) electrons. The van der Waals surface area contributed by atoms with Gasteiger partial charge in [-0.3, -0.25) is 0 Å². The van der Waals surface area contributed by atoms with Crippen LogP contribution in [0.5, 0.6) is 0 Å². The highest BCUT2D eigenvalue weighted by Crippen LogP contribution is 2.16. The van der Waals surface area contributed by atoms with E-state index in [1.807, 2.05) is 0 Å². The van der Waals surface area contributed by atoms with Gasteiger partial charge in [0.2, 0.25) is 0 Å². The minimum Gasteiger partial charge on any atom is -0.480 e. The maximum atomic E-state index is 12.0. The number of rotatable bonds is 5. The van der Waals surface area contributed by atoms with E-state index in [0.717, 1.165) is 0 Å². The standard InChI is InChI=1S/C12H22N2O5/c1-7(2)10(11(15)16)13-12(17)14-5-8(18-3)9(6-14)19-4/h7-10H,5-6H2,1-4H3,(H,13,17)(H,15,16)/t8?,9?,10-/m1/s1. The lowest BCUT2D eigenvalue weighted by Crippen LogP contribution is -2.49. The number of nitrogens with one attached hydrogen (secondary N) is 1. The van der Waals surface area contributed by atoms with Gasteiger partial charge >= 0.3 is 12.0 Å². The minimum atomic E-state index is -1.03. The second kappa shape index (κ2) is 6.72. The molecule has 1 aliphatic rings. The number of amides is 2. The van der Waals surface area contributed by atoms with Crippen LogP contribution in [0.1, 0.15) is 13.8 Å². The highest BCUT2D eigenvalue weighted by Gasteiger charge is 2.37. The SMILES string of the molecule is COC1CN(C(=O)N[C@@H](C(=O)O)C(C)C)CC1OC. The van der Waals surface area contributed by atoms with Gasteiger partial charge in [-0.2, -0.15) is 0 Å². The molecular formula is C12H22N2O5. The molecule has 1 saturated heterocycles. The van der Waals surface area contributed by atoms with Crippen molar-refractivity contribution in [1.82, 2.24) is 10.2 Å². The number of carboxylic acids is 1. The predicted octanol–water partition coefficient (Wildman–Crippen LogP) is 0.151. The molecule has 2 N–H and O–H groups in total. The first kappa shape index (κ1) is 15.7. The topological polar surface area (TPSA) is 88.1 Å². The molecule has 7 nitrogen and oxygen atoms in total. The van der Waals surface area contributed by atoms with Gasteiger partial charge in [0.15, 0.2) is 0 Å². The molecule has 0 saturated carbocycles. The molecule has 0 aromatic rings.